The van der Waals surface area contributed by atoms with E-state index < -0.39 is 0 Å². The summed E-state index contributed by atoms with van der Waals surface area (Å²) in [5.74, 6) is 0. The van der Waals surface area contributed by atoms with Crippen molar-refractivity contribution >= 4 is 0 Å². The fourth-order valence-electron chi connectivity index (χ4n) is 3.13. The molecule has 2 atom stereocenters. The summed E-state index contributed by atoms with van der Waals surface area (Å²) in [4.78, 5) is 0. The van der Waals surface area contributed by atoms with Crippen LogP contribution >= 0.6 is 0 Å². The molecule has 0 fully saturated rings. The lowest BCUT2D eigenvalue weighted by Crippen LogP contribution is -2.54. The van der Waals surface area contributed by atoms with Gasteiger partial charge in [-0.25, -0.2) is 0 Å². The average Bonchev–Trinajstić information content (AvgIpc) is 2.89. The second kappa shape index (κ2) is 10.9. The Hall–Kier alpha value is -0.800. The van der Waals surface area contributed by atoms with E-state index in [0.29, 0.717) is 6.17 Å². The summed E-state index contributed by atoms with van der Waals surface area (Å²) in [5.41, 5.74) is 0. The first-order valence-electron chi connectivity index (χ1n) is 8.85. The Morgan fingerprint density at radius 2 is 1.86 bits per heavy atom. The largest absolute Gasteiger partial charge is 0.390 e. The summed E-state index contributed by atoms with van der Waals surface area (Å²) >= 11 is 0. The Balaban J connectivity index is 2.13. The summed E-state index contributed by atoms with van der Waals surface area (Å²) in [5, 5.41) is 12.8. The van der Waals surface area contributed by atoms with Gasteiger partial charge in [0.05, 0.1) is 19.4 Å². The van der Waals surface area contributed by atoms with E-state index in [4.69, 9.17) is 0 Å². The molecule has 1 aliphatic rings. The Morgan fingerprint density at radius 3 is 2.52 bits per heavy atom. The Kier molecular flexibility index (Phi) is 9.44. The number of nitrogens with zero attached hydrogens (tertiary/aromatic N) is 1. The lowest BCUT2D eigenvalue weighted by atomic mass is 10.1. The molecule has 0 amide bonds. The van der Waals surface area contributed by atoms with E-state index in [2.05, 4.69) is 43.7 Å². The summed E-state index contributed by atoms with van der Waals surface area (Å²) in [6, 6.07) is 0. The molecule has 0 saturated heterocycles. The van der Waals surface area contributed by atoms with E-state index in [1.165, 1.54) is 51.4 Å². The molecule has 1 heterocycles. The van der Waals surface area contributed by atoms with Crippen molar-refractivity contribution in [3.63, 3.8) is 0 Å². The van der Waals surface area contributed by atoms with E-state index in [1.807, 2.05) is 0 Å². The van der Waals surface area contributed by atoms with Gasteiger partial charge < -0.3 is 10.4 Å². The van der Waals surface area contributed by atoms with Crippen LogP contribution < -0.4 is 5.32 Å². The van der Waals surface area contributed by atoms with Crippen LogP contribution in [0, 0.1) is 0 Å². The van der Waals surface area contributed by atoms with Crippen molar-refractivity contribution in [2.45, 2.75) is 71.4 Å². The minimum atomic E-state index is 0.263. The molecule has 0 bridgehead atoms. The quantitative estimate of drug-likeness (QED) is 0.325. The molecule has 0 aromatic carbocycles. The maximum absolute atomic E-state index is 9.29. The molecular formula is C18H35N2O+. The van der Waals surface area contributed by atoms with Gasteiger partial charge in [-0.15, -0.1) is 0 Å². The minimum absolute atomic E-state index is 0.263. The van der Waals surface area contributed by atoms with Gasteiger partial charge in [0.1, 0.15) is 12.7 Å². The summed E-state index contributed by atoms with van der Waals surface area (Å²) < 4.78 is 0.896. The predicted octanol–water partition coefficient (Wildman–Crippen LogP) is 3.91. The average molecular weight is 295 g/mol. The van der Waals surface area contributed by atoms with Gasteiger partial charge in [-0.1, -0.05) is 38.3 Å². The van der Waals surface area contributed by atoms with Crippen molar-refractivity contribution in [3.05, 3.63) is 24.6 Å². The molecule has 2 unspecified atom stereocenters. The standard InChI is InChI=1S/C18H35N2O/c1-3-5-6-7-8-9-10-11-12-13-18-19-14-15-20(18,4-2)16-17-21/h7-8,14-15,18-19,21H,3-6,9-13,16-17H2,1-2H3/q+1/b8-7+. The molecule has 0 aromatic heterocycles. The van der Waals surface area contributed by atoms with Gasteiger partial charge in [-0.2, -0.15) is 0 Å². The van der Waals surface area contributed by atoms with Crippen LogP contribution in [0.15, 0.2) is 24.6 Å². The molecule has 122 valence electrons. The first-order valence-corrected chi connectivity index (χ1v) is 8.85. The first kappa shape index (κ1) is 18.2. The SMILES string of the molecule is CCCC/C=C/CCCCCC1NC=C[N+]1(CC)CCO. The molecule has 3 nitrogen and oxygen atoms in total. The van der Waals surface area contributed by atoms with Crippen LogP contribution in [0.25, 0.3) is 0 Å². The van der Waals surface area contributed by atoms with Gasteiger partial charge in [0.15, 0.2) is 6.17 Å². The molecule has 21 heavy (non-hydrogen) atoms. The molecule has 0 radical (unpaired) electrons. The number of allylic oxidation sites excluding steroid dienone is 2. The monoisotopic (exact) mass is 295 g/mol. The maximum atomic E-state index is 9.29. The number of aliphatic hydroxyl groups excluding tert-OH is 1. The molecule has 0 aromatic rings. The highest BCUT2D eigenvalue weighted by Gasteiger charge is 2.35. The van der Waals surface area contributed by atoms with Crippen molar-refractivity contribution in [2.24, 2.45) is 0 Å². The zero-order valence-electron chi connectivity index (χ0n) is 14.1. The van der Waals surface area contributed by atoms with Crippen molar-refractivity contribution < 1.29 is 9.59 Å². The minimum Gasteiger partial charge on any atom is -0.390 e. The van der Waals surface area contributed by atoms with Gasteiger partial charge in [0.25, 0.3) is 0 Å². The number of hydrogen-bond acceptors (Lipinski definition) is 2. The normalized spacial score (nSPS) is 24.8. The third-order valence-corrected chi connectivity index (χ3v) is 4.63. The third-order valence-electron chi connectivity index (χ3n) is 4.63. The van der Waals surface area contributed by atoms with Gasteiger partial charge >= 0.3 is 0 Å². The highest BCUT2D eigenvalue weighted by atomic mass is 16.3. The number of hydrogen-bond donors (Lipinski definition) is 2. The van der Waals surface area contributed by atoms with Crippen LogP contribution in [-0.2, 0) is 0 Å². The van der Waals surface area contributed by atoms with Crippen LogP contribution in [0.3, 0.4) is 0 Å². The number of quaternary nitrogens is 1. The second-order valence-corrected chi connectivity index (χ2v) is 6.12. The number of nitrogens with one attached hydrogen (secondary N) is 1. The van der Waals surface area contributed by atoms with Crippen LogP contribution in [-0.4, -0.2) is 35.5 Å². The van der Waals surface area contributed by atoms with Crippen LogP contribution in [0.2, 0.25) is 0 Å². The third kappa shape index (κ3) is 6.23. The molecule has 0 saturated carbocycles. The Labute approximate surface area is 131 Å². The number of rotatable bonds is 12. The van der Waals surface area contributed by atoms with E-state index in [0.717, 1.165) is 17.6 Å². The highest BCUT2D eigenvalue weighted by molar-refractivity contribution is 4.84. The molecule has 3 heteroatoms. The molecule has 2 N–H and O–H groups in total. The molecule has 0 spiro atoms. The zero-order valence-corrected chi connectivity index (χ0v) is 14.1. The lowest BCUT2D eigenvalue weighted by Gasteiger charge is -2.36. The van der Waals surface area contributed by atoms with Gasteiger partial charge in [-0.3, -0.25) is 4.48 Å². The van der Waals surface area contributed by atoms with Gasteiger partial charge in [-0.05, 0) is 32.6 Å². The van der Waals surface area contributed by atoms with Crippen LogP contribution in [0.1, 0.15) is 65.2 Å². The fraction of sp³-hybridized carbons (Fsp3) is 0.778. The van der Waals surface area contributed by atoms with Crippen molar-refractivity contribution in [3.8, 4) is 0 Å². The van der Waals surface area contributed by atoms with E-state index in [1.54, 1.807) is 0 Å². The Bertz CT molecular complexity index is 314. The van der Waals surface area contributed by atoms with E-state index in [-0.39, 0.29) is 6.61 Å². The number of aliphatic hydroxyl groups is 1. The molecule has 0 aliphatic carbocycles. The summed E-state index contributed by atoms with van der Waals surface area (Å²) in [6.07, 6.45) is 19.6. The van der Waals surface area contributed by atoms with Crippen LogP contribution in [0.5, 0.6) is 0 Å². The second-order valence-electron chi connectivity index (χ2n) is 6.12. The fourth-order valence-corrected chi connectivity index (χ4v) is 3.13. The van der Waals surface area contributed by atoms with Crippen LogP contribution in [0.4, 0.5) is 0 Å². The molecular weight excluding hydrogens is 260 g/mol. The maximum Gasteiger partial charge on any atom is 0.166 e. The molecule has 1 rings (SSSR count). The summed E-state index contributed by atoms with van der Waals surface area (Å²) in [7, 11) is 0. The predicted molar refractivity (Wildman–Crippen MR) is 90.6 cm³/mol. The van der Waals surface area contributed by atoms with E-state index in [9.17, 15) is 5.11 Å². The van der Waals surface area contributed by atoms with Crippen molar-refractivity contribution in [1.29, 1.82) is 0 Å². The first-order chi connectivity index (χ1) is 10.3. The van der Waals surface area contributed by atoms with Crippen molar-refractivity contribution in [1.82, 2.24) is 5.32 Å². The topological polar surface area (TPSA) is 32.3 Å². The van der Waals surface area contributed by atoms with Crippen molar-refractivity contribution in [2.75, 3.05) is 19.7 Å². The zero-order chi connectivity index (χ0) is 15.4. The smallest absolute Gasteiger partial charge is 0.166 e. The molecule has 1 aliphatic heterocycles. The highest BCUT2D eigenvalue weighted by Crippen LogP contribution is 2.22. The van der Waals surface area contributed by atoms with Gasteiger partial charge in [0.2, 0.25) is 0 Å². The van der Waals surface area contributed by atoms with E-state index >= 15 is 0 Å². The lowest BCUT2D eigenvalue weighted by molar-refractivity contribution is -0.900. The summed E-state index contributed by atoms with van der Waals surface area (Å²) in [6.45, 7) is 6.59. The van der Waals surface area contributed by atoms with Gasteiger partial charge in [0, 0.05) is 6.42 Å². The number of unbranched alkanes of at least 4 members (excludes halogenated alkanes) is 5. The Morgan fingerprint density at radius 1 is 1.10 bits per heavy atom. The number of likely N-dealkylation sites (N-methyl/N-ethyl adjacent to an activating group) is 1.